The molecule has 0 amide bonds. The van der Waals surface area contributed by atoms with Crippen LogP contribution < -0.4 is 10.6 Å². The molecule has 1 fully saturated rings. The normalized spacial score (nSPS) is 20.0. The van der Waals surface area contributed by atoms with Crippen LogP contribution in [0.3, 0.4) is 0 Å². The number of hydrogen-bond donors (Lipinski definition) is 1. The van der Waals surface area contributed by atoms with Crippen molar-refractivity contribution in [3.05, 3.63) is 30.1 Å². The Hall–Kier alpha value is -1.20. The topological polar surface area (TPSA) is 46.6 Å². The first-order valence-electron chi connectivity index (χ1n) is 7.72. The van der Waals surface area contributed by atoms with Crippen molar-refractivity contribution in [3.63, 3.8) is 0 Å². The van der Waals surface area contributed by atoms with Crippen molar-refractivity contribution in [3.8, 4) is 0 Å². The molecule has 1 aliphatic heterocycles. The molecule has 2 unspecified atom stereocenters. The second-order valence-electron chi connectivity index (χ2n) is 5.81. The Morgan fingerprint density at radius 2 is 2.38 bits per heavy atom. The summed E-state index contributed by atoms with van der Waals surface area (Å²) in [6.45, 7) is 2.14. The molecule has 2 atom stereocenters. The first-order chi connectivity index (χ1) is 10.2. The number of imidazole rings is 1. The predicted molar refractivity (Wildman–Crippen MR) is 91.3 cm³/mol. The fourth-order valence-electron chi connectivity index (χ4n) is 2.90. The number of thioether (sulfide) groups is 1. The van der Waals surface area contributed by atoms with Gasteiger partial charge in [-0.05, 0) is 30.7 Å². The minimum atomic E-state index is 0.190. The number of anilines is 1. The highest BCUT2D eigenvalue weighted by Gasteiger charge is 2.25. The average Bonchev–Trinajstić information content (AvgIpc) is 3.15. The van der Waals surface area contributed by atoms with Gasteiger partial charge in [0.05, 0.1) is 5.69 Å². The summed E-state index contributed by atoms with van der Waals surface area (Å²) in [5, 5.41) is 0. The van der Waals surface area contributed by atoms with Gasteiger partial charge in [0.15, 0.2) is 5.82 Å². The Kier molecular flexibility index (Phi) is 4.40. The molecular formula is C16H24N4S. The molecule has 0 radical (unpaired) electrons. The SMILES string of the molecule is CCC(N)Cc1c(N(C)C2CCSC2)nc2ccccn12. The van der Waals surface area contributed by atoms with Crippen LogP contribution in [-0.4, -0.2) is 40.0 Å². The fraction of sp³-hybridized carbons (Fsp3) is 0.562. The lowest BCUT2D eigenvalue weighted by Gasteiger charge is -2.25. The summed E-state index contributed by atoms with van der Waals surface area (Å²) in [7, 11) is 2.18. The Balaban J connectivity index is 2.00. The molecule has 1 aliphatic rings. The van der Waals surface area contributed by atoms with Gasteiger partial charge in [0.25, 0.3) is 0 Å². The van der Waals surface area contributed by atoms with Gasteiger partial charge in [0.2, 0.25) is 0 Å². The summed E-state index contributed by atoms with van der Waals surface area (Å²) in [6.07, 6.45) is 5.21. The number of aromatic nitrogens is 2. The molecule has 2 aromatic rings. The van der Waals surface area contributed by atoms with Crippen LogP contribution in [0.1, 0.15) is 25.5 Å². The predicted octanol–water partition coefficient (Wildman–Crippen LogP) is 2.56. The standard InChI is InChI=1S/C16H24N4S/c1-3-12(17)10-14-16(19(2)13-7-9-21-11-13)18-15-6-4-5-8-20(14)15/h4-6,8,12-13H,3,7,9-11,17H2,1-2H3. The molecule has 0 saturated carbocycles. The molecule has 0 aliphatic carbocycles. The Bertz CT molecular complexity index is 603. The van der Waals surface area contributed by atoms with Crippen LogP contribution in [0.4, 0.5) is 5.82 Å². The van der Waals surface area contributed by atoms with E-state index in [-0.39, 0.29) is 6.04 Å². The third-order valence-electron chi connectivity index (χ3n) is 4.38. The van der Waals surface area contributed by atoms with Crippen LogP contribution in [0.2, 0.25) is 0 Å². The van der Waals surface area contributed by atoms with Crippen LogP contribution in [0.5, 0.6) is 0 Å². The van der Waals surface area contributed by atoms with E-state index < -0.39 is 0 Å². The van der Waals surface area contributed by atoms with Crippen LogP contribution in [-0.2, 0) is 6.42 Å². The zero-order valence-electron chi connectivity index (χ0n) is 12.8. The lowest BCUT2D eigenvalue weighted by Crippen LogP contribution is -2.33. The molecule has 3 rings (SSSR count). The first kappa shape index (κ1) is 14.7. The van der Waals surface area contributed by atoms with Gasteiger partial charge in [-0.25, -0.2) is 4.98 Å². The molecule has 1 saturated heterocycles. The third kappa shape index (κ3) is 2.90. The van der Waals surface area contributed by atoms with E-state index in [0.29, 0.717) is 6.04 Å². The van der Waals surface area contributed by atoms with Crippen LogP contribution in [0.25, 0.3) is 5.65 Å². The highest BCUT2D eigenvalue weighted by Crippen LogP contribution is 2.29. The highest BCUT2D eigenvalue weighted by molar-refractivity contribution is 7.99. The number of fused-ring (bicyclic) bond motifs is 1. The minimum absolute atomic E-state index is 0.190. The first-order valence-corrected chi connectivity index (χ1v) is 8.88. The summed E-state index contributed by atoms with van der Waals surface area (Å²) in [6, 6.07) is 6.96. The van der Waals surface area contributed by atoms with Gasteiger partial charge in [-0.2, -0.15) is 11.8 Å². The summed E-state index contributed by atoms with van der Waals surface area (Å²) >= 11 is 2.04. The van der Waals surface area contributed by atoms with E-state index in [0.717, 1.165) is 24.3 Å². The van der Waals surface area contributed by atoms with Gasteiger partial charge >= 0.3 is 0 Å². The summed E-state index contributed by atoms with van der Waals surface area (Å²) in [4.78, 5) is 7.23. The number of hydrogen-bond acceptors (Lipinski definition) is 4. The maximum Gasteiger partial charge on any atom is 0.151 e. The zero-order chi connectivity index (χ0) is 14.8. The van der Waals surface area contributed by atoms with Gasteiger partial charge in [-0.15, -0.1) is 0 Å². The monoisotopic (exact) mass is 304 g/mol. The van der Waals surface area contributed by atoms with Crippen molar-refractivity contribution in [2.45, 2.75) is 38.3 Å². The number of pyridine rings is 1. The van der Waals surface area contributed by atoms with Gasteiger partial charge in [-0.3, -0.25) is 0 Å². The number of rotatable bonds is 5. The van der Waals surface area contributed by atoms with Gasteiger partial charge in [0, 0.05) is 37.5 Å². The zero-order valence-corrected chi connectivity index (χ0v) is 13.6. The molecule has 3 heterocycles. The molecule has 0 spiro atoms. The maximum absolute atomic E-state index is 6.21. The van der Waals surface area contributed by atoms with Crippen LogP contribution in [0, 0.1) is 0 Å². The molecule has 0 bridgehead atoms. The van der Waals surface area contributed by atoms with Crippen LogP contribution >= 0.6 is 11.8 Å². The molecule has 2 aromatic heterocycles. The highest BCUT2D eigenvalue weighted by atomic mass is 32.2. The van der Waals surface area contributed by atoms with Crippen molar-refractivity contribution in [1.82, 2.24) is 9.38 Å². The quantitative estimate of drug-likeness (QED) is 0.922. The van der Waals surface area contributed by atoms with Crippen LogP contribution in [0.15, 0.2) is 24.4 Å². The van der Waals surface area contributed by atoms with E-state index in [1.807, 2.05) is 17.8 Å². The molecule has 0 aromatic carbocycles. The van der Waals surface area contributed by atoms with Gasteiger partial charge in [-0.1, -0.05) is 13.0 Å². The molecule has 2 N–H and O–H groups in total. The summed E-state index contributed by atoms with van der Waals surface area (Å²) in [5.41, 5.74) is 8.48. The molecule has 21 heavy (non-hydrogen) atoms. The van der Waals surface area contributed by atoms with E-state index in [1.54, 1.807) is 0 Å². The molecule has 114 valence electrons. The average molecular weight is 304 g/mol. The molecule has 5 heteroatoms. The molecule has 4 nitrogen and oxygen atoms in total. The Labute approximate surface area is 130 Å². The van der Waals surface area contributed by atoms with E-state index >= 15 is 0 Å². The number of nitrogens with zero attached hydrogens (tertiary/aromatic N) is 3. The largest absolute Gasteiger partial charge is 0.354 e. The summed E-state index contributed by atoms with van der Waals surface area (Å²) < 4.78 is 2.20. The second-order valence-corrected chi connectivity index (χ2v) is 6.96. The summed E-state index contributed by atoms with van der Waals surface area (Å²) in [5.74, 6) is 3.56. The van der Waals surface area contributed by atoms with E-state index in [2.05, 4.69) is 41.6 Å². The minimum Gasteiger partial charge on any atom is -0.354 e. The van der Waals surface area contributed by atoms with Gasteiger partial charge in [0.1, 0.15) is 5.65 Å². The van der Waals surface area contributed by atoms with E-state index in [9.17, 15) is 0 Å². The Morgan fingerprint density at radius 1 is 1.52 bits per heavy atom. The fourth-order valence-corrected chi connectivity index (χ4v) is 4.17. The Morgan fingerprint density at radius 3 is 3.10 bits per heavy atom. The van der Waals surface area contributed by atoms with E-state index in [4.69, 9.17) is 10.7 Å². The lowest BCUT2D eigenvalue weighted by atomic mass is 10.1. The van der Waals surface area contributed by atoms with Crippen molar-refractivity contribution in [2.24, 2.45) is 5.73 Å². The van der Waals surface area contributed by atoms with E-state index in [1.165, 1.54) is 23.6 Å². The number of nitrogens with two attached hydrogens (primary N) is 1. The third-order valence-corrected chi connectivity index (χ3v) is 5.52. The van der Waals surface area contributed by atoms with Crippen molar-refractivity contribution >= 4 is 23.2 Å². The van der Waals surface area contributed by atoms with Gasteiger partial charge < -0.3 is 15.0 Å². The maximum atomic E-state index is 6.21. The smallest absolute Gasteiger partial charge is 0.151 e. The van der Waals surface area contributed by atoms with Crippen molar-refractivity contribution in [2.75, 3.05) is 23.5 Å². The van der Waals surface area contributed by atoms with Crippen molar-refractivity contribution in [1.29, 1.82) is 0 Å². The second kappa shape index (κ2) is 6.28. The lowest BCUT2D eigenvalue weighted by molar-refractivity contribution is 0.626. The van der Waals surface area contributed by atoms with Crippen molar-refractivity contribution < 1.29 is 0 Å². The molecular weight excluding hydrogens is 280 g/mol.